The van der Waals surface area contributed by atoms with Crippen LogP contribution in [0.4, 0.5) is 0 Å². The number of hydrogen-bond acceptors (Lipinski definition) is 3. The van der Waals surface area contributed by atoms with Crippen LogP contribution in [-0.2, 0) is 6.54 Å². The van der Waals surface area contributed by atoms with E-state index in [1.165, 1.54) is 32.1 Å². The molecular weight excluding hydrogens is 176 g/mol. The zero-order chi connectivity index (χ0) is 9.80. The molecule has 3 heteroatoms. The summed E-state index contributed by atoms with van der Waals surface area (Å²) >= 11 is 0. The lowest BCUT2D eigenvalue weighted by atomic mass is 9.95. The van der Waals surface area contributed by atoms with Crippen molar-refractivity contribution in [1.29, 1.82) is 0 Å². The van der Waals surface area contributed by atoms with E-state index >= 15 is 0 Å². The predicted molar refractivity (Wildman–Crippen MR) is 55.0 cm³/mol. The number of nitrogens with one attached hydrogen (secondary N) is 1. The first kappa shape index (κ1) is 9.71. The second-order valence-corrected chi connectivity index (χ2v) is 4.14. The lowest BCUT2D eigenvalue weighted by molar-refractivity contribution is 0.358. The third-order valence-corrected chi connectivity index (χ3v) is 2.85. The number of rotatable bonds is 3. The van der Waals surface area contributed by atoms with Gasteiger partial charge in [0.1, 0.15) is 5.76 Å². The molecule has 1 heterocycles. The molecule has 0 aliphatic heterocycles. The van der Waals surface area contributed by atoms with Crippen LogP contribution in [0.3, 0.4) is 0 Å². The molecule has 1 N–H and O–H groups in total. The summed E-state index contributed by atoms with van der Waals surface area (Å²) in [5.74, 6) is 0.894. The summed E-state index contributed by atoms with van der Waals surface area (Å²) in [6, 6.07) is 2.69. The van der Waals surface area contributed by atoms with Gasteiger partial charge in [0.15, 0.2) is 0 Å². The predicted octanol–water partition coefficient (Wildman–Crippen LogP) is 2.41. The molecule has 14 heavy (non-hydrogen) atoms. The Morgan fingerprint density at radius 3 is 2.86 bits per heavy atom. The van der Waals surface area contributed by atoms with Crippen LogP contribution in [0.25, 0.3) is 0 Å². The maximum absolute atomic E-state index is 5.01. The fourth-order valence-electron chi connectivity index (χ4n) is 2.06. The van der Waals surface area contributed by atoms with Crippen molar-refractivity contribution in [2.24, 2.45) is 0 Å². The second kappa shape index (κ2) is 4.60. The average Bonchev–Trinajstić information content (AvgIpc) is 2.63. The number of aryl methyl sites for hydroxylation is 1. The summed E-state index contributed by atoms with van der Waals surface area (Å²) in [5, 5.41) is 7.49. The largest absolute Gasteiger partial charge is 0.361 e. The highest BCUT2D eigenvalue weighted by molar-refractivity contribution is 5.03. The van der Waals surface area contributed by atoms with Gasteiger partial charge in [-0.05, 0) is 19.8 Å². The van der Waals surface area contributed by atoms with E-state index in [9.17, 15) is 0 Å². The fraction of sp³-hybridized carbons (Fsp3) is 0.727. The molecule has 0 unspecified atom stereocenters. The Morgan fingerprint density at radius 1 is 1.43 bits per heavy atom. The first-order chi connectivity index (χ1) is 6.84. The van der Waals surface area contributed by atoms with Gasteiger partial charge in [-0.2, -0.15) is 0 Å². The highest BCUT2D eigenvalue weighted by atomic mass is 16.5. The van der Waals surface area contributed by atoms with Gasteiger partial charge in [0, 0.05) is 18.7 Å². The maximum atomic E-state index is 5.01. The minimum atomic E-state index is 0.695. The zero-order valence-electron chi connectivity index (χ0n) is 8.75. The SMILES string of the molecule is Cc1cc(CNC2CCCCC2)no1. The van der Waals surface area contributed by atoms with Gasteiger partial charge in [-0.3, -0.25) is 0 Å². The molecular formula is C11H18N2O. The first-order valence-corrected chi connectivity index (χ1v) is 5.50. The molecule has 1 aliphatic rings. The minimum absolute atomic E-state index is 0.695. The molecule has 3 nitrogen and oxygen atoms in total. The molecule has 1 saturated carbocycles. The Kier molecular flexibility index (Phi) is 3.19. The molecule has 1 aromatic heterocycles. The van der Waals surface area contributed by atoms with Crippen molar-refractivity contribution >= 4 is 0 Å². The van der Waals surface area contributed by atoms with Crippen molar-refractivity contribution in [2.45, 2.75) is 51.6 Å². The molecule has 1 fully saturated rings. The van der Waals surface area contributed by atoms with E-state index in [1.54, 1.807) is 0 Å². The van der Waals surface area contributed by atoms with Crippen molar-refractivity contribution in [1.82, 2.24) is 10.5 Å². The van der Waals surface area contributed by atoms with E-state index in [1.807, 2.05) is 13.0 Å². The van der Waals surface area contributed by atoms with Crippen LogP contribution in [0, 0.1) is 6.92 Å². The van der Waals surface area contributed by atoms with E-state index in [-0.39, 0.29) is 0 Å². The quantitative estimate of drug-likeness (QED) is 0.803. The molecule has 0 spiro atoms. The fourth-order valence-corrected chi connectivity index (χ4v) is 2.06. The molecule has 0 atom stereocenters. The summed E-state index contributed by atoms with van der Waals surface area (Å²) in [6.45, 7) is 2.78. The van der Waals surface area contributed by atoms with Crippen molar-refractivity contribution in [3.8, 4) is 0 Å². The highest BCUT2D eigenvalue weighted by Crippen LogP contribution is 2.17. The summed E-state index contributed by atoms with van der Waals surface area (Å²) in [5.41, 5.74) is 1.02. The minimum Gasteiger partial charge on any atom is -0.361 e. The van der Waals surface area contributed by atoms with Crippen molar-refractivity contribution in [3.05, 3.63) is 17.5 Å². The first-order valence-electron chi connectivity index (χ1n) is 5.50. The van der Waals surface area contributed by atoms with Gasteiger partial charge >= 0.3 is 0 Å². The summed E-state index contributed by atoms with van der Waals surface area (Å²) in [6.07, 6.45) is 6.78. The molecule has 78 valence electrons. The molecule has 0 saturated heterocycles. The lowest BCUT2D eigenvalue weighted by Crippen LogP contribution is -2.30. The Bertz CT molecular complexity index is 277. The molecule has 1 aliphatic carbocycles. The van der Waals surface area contributed by atoms with Crippen molar-refractivity contribution in [3.63, 3.8) is 0 Å². The Morgan fingerprint density at radius 2 is 2.21 bits per heavy atom. The number of hydrogen-bond donors (Lipinski definition) is 1. The summed E-state index contributed by atoms with van der Waals surface area (Å²) in [4.78, 5) is 0. The van der Waals surface area contributed by atoms with E-state index in [0.717, 1.165) is 18.0 Å². The van der Waals surface area contributed by atoms with E-state index in [0.29, 0.717) is 6.04 Å². The van der Waals surface area contributed by atoms with E-state index in [2.05, 4.69) is 10.5 Å². The van der Waals surface area contributed by atoms with E-state index in [4.69, 9.17) is 4.52 Å². The van der Waals surface area contributed by atoms with E-state index < -0.39 is 0 Å². The zero-order valence-corrected chi connectivity index (χ0v) is 8.75. The smallest absolute Gasteiger partial charge is 0.133 e. The van der Waals surface area contributed by atoms with Gasteiger partial charge in [-0.1, -0.05) is 24.4 Å². The van der Waals surface area contributed by atoms with Crippen LogP contribution in [0.15, 0.2) is 10.6 Å². The standard InChI is InChI=1S/C11H18N2O/c1-9-7-11(13-14-9)8-12-10-5-3-2-4-6-10/h7,10,12H,2-6,8H2,1H3. The highest BCUT2D eigenvalue weighted by Gasteiger charge is 2.12. The van der Waals surface area contributed by atoms with Gasteiger partial charge in [-0.15, -0.1) is 0 Å². The van der Waals surface area contributed by atoms with Gasteiger partial charge < -0.3 is 9.84 Å². The molecule has 2 rings (SSSR count). The average molecular weight is 194 g/mol. The summed E-state index contributed by atoms with van der Waals surface area (Å²) in [7, 11) is 0. The molecule has 0 bridgehead atoms. The van der Waals surface area contributed by atoms with Crippen LogP contribution in [0.2, 0.25) is 0 Å². The Hall–Kier alpha value is -0.830. The number of aromatic nitrogens is 1. The Balaban J connectivity index is 1.76. The second-order valence-electron chi connectivity index (χ2n) is 4.14. The van der Waals surface area contributed by atoms with Gasteiger partial charge in [0.05, 0.1) is 5.69 Å². The van der Waals surface area contributed by atoms with Crippen LogP contribution in [0.5, 0.6) is 0 Å². The van der Waals surface area contributed by atoms with Crippen molar-refractivity contribution < 1.29 is 4.52 Å². The molecule has 0 amide bonds. The lowest BCUT2D eigenvalue weighted by Gasteiger charge is -2.22. The van der Waals surface area contributed by atoms with Gasteiger partial charge in [-0.25, -0.2) is 0 Å². The van der Waals surface area contributed by atoms with Gasteiger partial charge in [0.25, 0.3) is 0 Å². The third kappa shape index (κ3) is 2.58. The third-order valence-electron chi connectivity index (χ3n) is 2.85. The van der Waals surface area contributed by atoms with Crippen LogP contribution in [0.1, 0.15) is 43.6 Å². The normalized spacial score (nSPS) is 18.6. The topological polar surface area (TPSA) is 38.1 Å². The maximum Gasteiger partial charge on any atom is 0.133 e. The van der Waals surface area contributed by atoms with Crippen LogP contribution in [-0.4, -0.2) is 11.2 Å². The molecule has 0 radical (unpaired) electrons. The Labute approximate surface area is 84.9 Å². The van der Waals surface area contributed by atoms with Crippen molar-refractivity contribution in [2.75, 3.05) is 0 Å². The summed E-state index contributed by atoms with van der Waals surface area (Å²) < 4.78 is 5.01. The van der Waals surface area contributed by atoms with Gasteiger partial charge in [0.2, 0.25) is 0 Å². The molecule has 1 aromatic rings. The monoisotopic (exact) mass is 194 g/mol. The van der Waals surface area contributed by atoms with Crippen LogP contribution < -0.4 is 5.32 Å². The van der Waals surface area contributed by atoms with Crippen LogP contribution >= 0.6 is 0 Å². The molecule has 0 aromatic carbocycles. The number of nitrogens with zero attached hydrogens (tertiary/aromatic N) is 1.